The largest absolute Gasteiger partial charge is 0.286 e. The van der Waals surface area contributed by atoms with Gasteiger partial charge in [-0.1, -0.05) is 36.0 Å². The molecule has 18 heavy (non-hydrogen) atoms. The Morgan fingerprint density at radius 1 is 1.06 bits per heavy atom. The summed E-state index contributed by atoms with van der Waals surface area (Å²) in [4.78, 5) is 4.67. The van der Waals surface area contributed by atoms with E-state index < -0.39 is 0 Å². The highest BCUT2D eigenvalue weighted by atomic mass is 127. The molecule has 0 aliphatic carbocycles. The molecule has 2 nitrogen and oxygen atoms in total. The maximum atomic E-state index is 4.67. The molecule has 2 aromatic carbocycles. The van der Waals surface area contributed by atoms with Crippen molar-refractivity contribution in [2.24, 2.45) is 0 Å². The summed E-state index contributed by atoms with van der Waals surface area (Å²) >= 11 is 4.04. The van der Waals surface area contributed by atoms with E-state index in [0.29, 0.717) is 0 Å². The quantitative estimate of drug-likeness (QED) is 0.496. The molecular formula is C14H11IN2S. The summed E-state index contributed by atoms with van der Waals surface area (Å²) in [5, 5.41) is 1.03. The molecule has 1 aromatic heterocycles. The number of halogens is 1. The van der Waals surface area contributed by atoms with Gasteiger partial charge in [0.05, 0.1) is 16.7 Å². The fourth-order valence-electron chi connectivity index (χ4n) is 2.01. The Balaban J connectivity index is 2.37. The third kappa shape index (κ3) is 1.93. The first-order valence-corrected chi connectivity index (χ1v) is 7.88. The predicted octanol–water partition coefficient (Wildman–Crippen LogP) is 4.35. The van der Waals surface area contributed by atoms with E-state index in [-0.39, 0.29) is 0 Å². The smallest absolute Gasteiger partial charge is 0.173 e. The lowest BCUT2D eigenvalue weighted by Crippen LogP contribution is -1.98. The van der Waals surface area contributed by atoms with E-state index >= 15 is 0 Å². The molecule has 0 fully saturated rings. The molecule has 0 radical (unpaired) electrons. The number of para-hydroxylation sites is 3. The Labute approximate surface area is 124 Å². The fourth-order valence-corrected chi connectivity index (χ4v) is 3.20. The highest BCUT2D eigenvalue weighted by Crippen LogP contribution is 2.28. The molecule has 3 aromatic rings. The summed E-state index contributed by atoms with van der Waals surface area (Å²) in [6.07, 6.45) is 2.06. The number of benzene rings is 2. The normalized spacial score (nSPS) is 11.0. The first kappa shape index (κ1) is 12.0. The van der Waals surface area contributed by atoms with Gasteiger partial charge in [-0.3, -0.25) is 4.57 Å². The predicted molar refractivity (Wildman–Crippen MR) is 85.6 cm³/mol. The minimum Gasteiger partial charge on any atom is -0.286 e. The van der Waals surface area contributed by atoms with Crippen LogP contribution in [0.15, 0.2) is 53.7 Å². The van der Waals surface area contributed by atoms with Crippen molar-refractivity contribution in [3.05, 3.63) is 52.1 Å². The first-order valence-electron chi connectivity index (χ1n) is 5.57. The summed E-state index contributed by atoms with van der Waals surface area (Å²) in [7, 11) is 0. The zero-order valence-corrected chi connectivity index (χ0v) is 12.8. The lowest BCUT2D eigenvalue weighted by molar-refractivity contribution is 0.917. The summed E-state index contributed by atoms with van der Waals surface area (Å²) in [5.74, 6) is 0. The van der Waals surface area contributed by atoms with Gasteiger partial charge in [0.25, 0.3) is 0 Å². The van der Waals surface area contributed by atoms with Crippen LogP contribution in [0.25, 0.3) is 16.7 Å². The molecule has 0 unspecified atom stereocenters. The average Bonchev–Trinajstić information content (AvgIpc) is 2.78. The van der Waals surface area contributed by atoms with E-state index in [0.717, 1.165) is 16.2 Å². The van der Waals surface area contributed by atoms with Gasteiger partial charge in [-0.25, -0.2) is 4.98 Å². The van der Waals surface area contributed by atoms with Gasteiger partial charge in [0.1, 0.15) is 0 Å². The van der Waals surface area contributed by atoms with Crippen molar-refractivity contribution < 1.29 is 0 Å². The van der Waals surface area contributed by atoms with Gasteiger partial charge in [-0.15, -0.1) is 0 Å². The summed E-state index contributed by atoms with van der Waals surface area (Å²) in [5.41, 5.74) is 3.39. The van der Waals surface area contributed by atoms with E-state index in [1.165, 1.54) is 9.26 Å². The molecule has 0 saturated carbocycles. The second-order valence-electron chi connectivity index (χ2n) is 3.87. The number of hydrogen-bond donors (Lipinski definition) is 0. The number of hydrogen-bond acceptors (Lipinski definition) is 2. The molecular weight excluding hydrogens is 355 g/mol. The van der Waals surface area contributed by atoms with E-state index in [1.54, 1.807) is 11.8 Å². The summed E-state index contributed by atoms with van der Waals surface area (Å²) < 4.78 is 3.45. The number of thioether (sulfide) groups is 1. The fraction of sp³-hybridized carbons (Fsp3) is 0.0714. The Hall–Kier alpha value is -1.01. The second kappa shape index (κ2) is 4.93. The lowest BCUT2D eigenvalue weighted by Gasteiger charge is -2.09. The monoisotopic (exact) mass is 366 g/mol. The standard InChI is InChI=1S/C14H11IN2S/c1-18-14-16-11-7-3-5-9-13(11)17(14)12-8-4-2-6-10(12)15/h2-9H,1H3. The van der Waals surface area contributed by atoms with Crippen LogP contribution in [-0.2, 0) is 0 Å². The SMILES string of the molecule is CSc1nc2ccccc2n1-c1ccccc1I. The molecule has 3 rings (SSSR count). The maximum absolute atomic E-state index is 4.67. The molecule has 0 spiro atoms. The molecule has 0 atom stereocenters. The van der Waals surface area contributed by atoms with Crippen molar-refractivity contribution in [3.63, 3.8) is 0 Å². The Morgan fingerprint density at radius 2 is 1.78 bits per heavy atom. The minimum absolute atomic E-state index is 1.03. The van der Waals surface area contributed by atoms with E-state index in [2.05, 4.69) is 80.9 Å². The molecule has 0 aliphatic heterocycles. The van der Waals surface area contributed by atoms with Crippen LogP contribution < -0.4 is 0 Å². The molecule has 0 bridgehead atoms. The third-order valence-electron chi connectivity index (χ3n) is 2.81. The van der Waals surface area contributed by atoms with Crippen LogP contribution in [0.2, 0.25) is 0 Å². The van der Waals surface area contributed by atoms with Gasteiger partial charge in [-0.2, -0.15) is 0 Å². The van der Waals surface area contributed by atoms with Crippen LogP contribution in [0.3, 0.4) is 0 Å². The maximum Gasteiger partial charge on any atom is 0.173 e. The Morgan fingerprint density at radius 3 is 2.56 bits per heavy atom. The van der Waals surface area contributed by atoms with Crippen molar-refractivity contribution in [2.75, 3.05) is 6.26 Å². The van der Waals surface area contributed by atoms with Crippen molar-refractivity contribution in [1.29, 1.82) is 0 Å². The van der Waals surface area contributed by atoms with Crippen molar-refractivity contribution >= 4 is 45.4 Å². The van der Waals surface area contributed by atoms with Crippen LogP contribution in [0.5, 0.6) is 0 Å². The van der Waals surface area contributed by atoms with Gasteiger partial charge >= 0.3 is 0 Å². The molecule has 4 heteroatoms. The number of fused-ring (bicyclic) bond motifs is 1. The van der Waals surface area contributed by atoms with E-state index in [4.69, 9.17) is 0 Å². The van der Waals surface area contributed by atoms with Crippen molar-refractivity contribution in [2.45, 2.75) is 5.16 Å². The second-order valence-corrected chi connectivity index (χ2v) is 5.81. The van der Waals surface area contributed by atoms with Gasteiger partial charge in [0, 0.05) is 3.57 Å². The number of nitrogens with zero attached hydrogens (tertiary/aromatic N) is 2. The Kier molecular flexibility index (Phi) is 3.30. The average molecular weight is 366 g/mol. The highest BCUT2D eigenvalue weighted by Gasteiger charge is 2.12. The molecule has 0 amide bonds. The lowest BCUT2D eigenvalue weighted by atomic mass is 10.3. The highest BCUT2D eigenvalue weighted by molar-refractivity contribution is 14.1. The van der Waals surface area contributed by atoms with Gasteiger partial charge in [0.2, 0.25) is 0 Å². The van der Waals surface area contributed by atoms with Crippen LogP contribution in [0.1, 0.15) is 0 Å². The van der Waals surface area contributed by atoms with E-state index in [9.17, 15) is 0 Å². The van der Waals surface area contributed by atoms with Crippen molar-refractivity contribution in [1.82, 2.24) is 9.55 Å². The van der Waals surface area contributed by atoms with Crippen LogP contribution in [-0.4, -0.2) is 15.8 Å². The molecule has 0 N–H and O–H groups in total. The van der Waals surface area contributed by atoms with Crippen LogP contribution in [0, 0.1) is 3.57 Å². The van der Waals surface area contributed by atoms with Crippen LogP contribution in [0.4, 0.5) is 0 Å². The molecule has 1 heterocycles. The molecule has 90 valence electrons. The van der Waals surface area contributed by atoms with Crippen LogP contribution >= 0.6 is 34.4 Å². The number of aromatic nitrogens is 2. The first-order chi connectivity index (χ1) is 8.81. The topological polar surface area (TPSA) is 17.8 Å². The summed E-state index contributed by atoms with van der Waals surface area (Å²) in [6, 6.07) is 16.6. The van der Waals surface area contributed by atoms with Gasteiger partial charge in [0.15, 0.2) is 5.16 Å². The van der Waals surface area contributed by atoms with Gasteiger partial charge in [-0.05, 0) is 53.1 Å². The molecule has 0 saturated heterocycles. The number of rotatable bonds is 2. The summed E-state index contributed by atoms with van der Waals surface area (Å²) in [6.45, 7) is 0. The third-order valence-corrected chi connectivity index (χ3v) is 4.36. The minimum atomic E-state index is 1.03. The zero-order chi connectivity index (χ0) is 12.5. The molecule has 0 aliphatic rings. The van der Waals surface area contributed by atoms with Crippen molar-refractivity contribution in [3.8, 4) is 5.69 Å². The number of imidazole rings is 1. The van der Waals surface area contributed by atoms with Gasteiger partial charge < -0.3 is 0 Å². The zero-order valence-electron chi connectivity index (χ0n) is 9.80. The van der Waals surface area contributed by atoms with E-state index in [1.807, 2.05) is 6.07 Å². The Bertz CT molecular complexity index is 706.